The van der Waals surface area contributed by atoms with Gasteiger partial charge in [-0.15, -0.1) is 0 Å². The molecule has 0 saturated heterocycles. The molecule has 0 rings (SSSR count). The molecule has 0 fully saturated rings. The van der Waals surface area contributed by atoms with E-state index in [-0.39, 0.29) is 0 Å². The third-order valence-corrected chi connectivity index (χ3v) is 0.993. The smallest absolute Gasteiger partial charge is 0.325 e. The monoisotopic (exact) mass is 193 g/mol. The SMILES string of the molecule is CC(=O)O.COC(=O)C(N)C(C)O. The van der Waals surface area contributed by atoms with Gasteiger partial charge < -0.3 is 20.7 Å². The molecule has 0 amide bonds. The Labute approximate surface area is 76.3 Å². The van der Waals surface area contributed by atoms with Gasteiger partial charge in [-0.2, -0.15) is 0 Å². The zero-order valence-corrected chi connectivity index (χ0v) is 7.85. The summed E-state index contributed by atoms with van der Waals surface area (Å²) in [5.74, 6) is -1.43. The fraction of sp³-hybridized carbons (Fsp3) is 0.714. The lowest BCUT2D eigenvalue weighted by Crippen LogP contribution is -2.40. The maximum atomic E-state index is 10.4. The molecule has 78 valence electrons. The van der Waals surface area contributed by atoms with Crippen LogP contribution in [0.1, 0.15) is 13.8 Å². The Morgan fingerprint density at radius 2 is 1.77 bits per heavy atom. The van der Waals surface area contributed by atoms with Crippen LogP contribution in [0.15, 0.2) is 0 Å². The van der Waals surface area contributed by atoms with Crippen molar-refractivity contribution in [1.29, 1.82) is 0 Å². The fourth-order valence-electron chi connectivity index (χ4n) is 0.333. The molecule has 0 saturated carbocycles. The highest BCUT2D eigenvalue weighted by molar-refractivity contribution is 5.75. The van der Waals surface area contributed by atoms with Crippen molar-refractivity contribution in [2.75, 3.05) is 7.11 Å². The zero-order valence-electron chi connectivity index (χ0n) is 7.85. The average molecular weight is 193 g/mol. The van der Waals surface area contributed by atoms with Crippen molar-refractivity contribution in [3.63, 3.8) is 0 Å². The molecule has 0 bridgehead atoms. The van der Waals surface area contributed by atoms with Crippen LogP contribution >= 0.6 is 0 Å². The molecule has 0 aromatic carbocycles. The van der Waals surface area contributed by atoms with Crippen LogP contribution in [0.5, 0.6) is 0 Å². The van der Waals surface area contributed by atoms with Crippen LogP contribution in [0.4, 0.5) is 0 Å². The highest BCUT2D eigenvalue weighted by Gasteiger charge is 2.18. The number of hydrogen-bond donors (Lipinski definition) is 3. The number of carbonyl (C=O) groups excluding carboxylic acids is 1. The topological polar surface area (TPSA) is 110 Å². The van der Waals surface area contributed by atoms with Crippen molar-refractivity contribution in [3.05, 3.63) is 0 Å². The second-order valence-corrected chi connectivity index (χ2v) is 2.31. The molecule has 13 heavy (non-hydrogen) atoms. The normalized spacial score (nSPS) is 13.3. The van der Waals surface area contributed by atoms with Gasteiger partial charge in [0.05, 0.1) is 13.2 Å². The van der Waals surface area contributed by atoms with Crippen LogP contribution in [0, 0.1) is 0 Å². The first-order valence-electron chi connectivity index (χ1n) is 3.54. The summed E-state index contributed by atoms with van der Waals surface area (Å²) in [5.41, 5.74) is 5.15. The summed E-state index contributed by atoms with van der Waals surface area (Å²) in [4.78, 5) is 19.4. The van der Waals surface area contributed by atoms with Crippen LogP contribution in [-0.2, 0) is 14.3 Å². The Balaban J connectivity index is 0. The van der Waals surface area contributed by atoms with Gasteiger partial charge in [0.25, 0.3) is 5.97 Å². The van der Waals surface area contributed by atoms with E-state index in [2.05, 4.69) is 4.74 Å². The maximum Gasteiger partial charge on any atom is 0.325 e. The van der Waals surface area contributed by atoms with Gasteiger partial charge in [0, 0.05) is 6.92 Å². The number of esters is 1. The molecular formula is C7H15NO5. The Kier molecular flexibility index (Phi) is 8.31. The van der Waals surface area contributed by atoms with Gasteiger partial charge in [0.15, 0.2) is 0 Å². The van der Waals surface area contributed by atoms with Gasteiger partial charge in [-0.05, 0) is 6.92 Å². The van der Waals surface area contributed by atoms with Crippen LogP contribution in [0.25, 0.3) is 0 Å². The molecule has 4 N–H and O–H groups in total. The molecule has 0 aliphatic heterocycles. The van der Waals surface area contributed by atoms with E-state index in [0.717, 1.165) is 6.92 Å². The molecule has 0 aliphatic carbocycles. The number of hydrogen-bond acceptors (Lipinski definition) is 5. The van der Waals surface area contributed by atoms with E-state index in [1.165, 1.54) is 14.0 Å². The quantitative estimate of drug-likeness (QED) is 0.483. The first-order chi connectivity index (χ1) is 5.82. The number of carbonyl (C=O) groups is 2. The van der Waals surface area contributed by atoms with E-state index in [1.54, 1.807) is 0 Å². The van der Waals surface area contributed by atoms with E-state index in [9.17, 15) is 4.79 Å². The van der Waals surface area contributed by atoms with Crippen molar-refractivity contribution >= 4 is 11.9 Å². The first-order valence-corrected chi connectivity index (χ1v) is 3.54. The second-order valence-electron chi connectivity index (χ2n) is 2.31. The molecule has 6 heteroatoms. The van der Waals surface area contributed by atoms with Crippen molar-refractivity contribution < 1.29 is 24.5 Å². The predicted octanol–water partition coefficient (Wildman–Crippen LogP) is -1.04. The standard InChI is InChI=1S/C5H11NO3.C2H4O2/c1-3(7)4(6)5(8)9-2;1-2(3)4/h3-4,7H,6H2,1-2H3;1H3,(H,3,4). The lowest BCUT2D eigenvalue weighted by Gasteiger charge is -2.10. The number of methoxy groups -OCH3 is 1. The van der Waals surface area contributed by atoms with Crippen LogP contribution in [-0.4, -0.2) is 41.4 Å². The number of nitrogens with two attached hydrogens (primary N) is 1. The molecule has 2 atom stereocenters. The van der Waals surface area contributed by atoms with E-state index < -0.39 is 24.1 Å². The predicted molar refractivity (Wildman–Crippen MR) is 45.0 cm³/mol. The Bertz CT molecular complexity index is 164. The summed E-state index contributed by atoms with van der Waals surface area (Å²) in [7, 11) is 1.23. The van der Waals surface area contributed by atoms with Crippen molar-refractivity contribution in [2.24, 2.45) is 5.73 Å². The molecular weight excluding hydrogens is 178 g/mol. The average Bonchev–Trinajstić information content (AvgIpc) is 2.00. The fourth-order valence-corrected chi connectivity index (χ4v) is 0.333. The van der Waals surface area contributed by atoms with E-state index >= 15 is 0 Å². The van der Waals surface area contributed by atoms with Gasteiger partial charge in [0.1, 0.15) is 6.04 Å². The number of ether oxygens (including phenoxy) is 1. The number of carboxylic acids is 1. The molecule has 0 aromatic rings. The molecule has 0 aromatic heterocycles. The largest absolute Gasteiger partial charge is 0.481 e. The van der Waals surface area contributed by atoms with Crippen molar-refractivity contribution in [2.45, 2.75) is 26.0 Å². The summed E-state index contributed by atoms with van der Waals surface area (Å²) >= 11 is 0. The summed E-state index contributed by atoms with van der Waals surface area (Å²) in [6, 6.07) is -0.921. The minimum atomic E-state index is -0.921. The van der Waals surface area contributed by atoms with E-state index in [4.69, 9.17) is 20.7 Å². The summed E-state index contributed by atoms with van der Waals surface area (Å²) in [6.45, 7) is 2.52. The van der Waals surface area contributed by atoms with Gasteiger partial charge in [-0.25, -0.2) is 0 Å². The van der Waals surface area contributed by atoms with Gasteiger partial charge in [-0.3, -0.25) is 9.59 Å². The maximum absolute atomic E-state index is 10.4. The lowest BCUT2D eigenvalue weighted by molar-refractivity contribution is -0.144. The van der Waals surface area contributed by atoms with Crippen LogP contribution < -0.4 is 5.73 Å². The van der Waals surface area contributed by atoms with Gasteiger partial charge >= 0.3 is 5.97 Å². The Hall–Kier alpha value is -1.14. The van der Waals surface area contributed by atoms with Crippen molar-refractivity contribution in [1.82, 2.24) is 0 Å². The number of rotatable bonds is 2. The third-order valence-electron chi connectivity index (χ3n) is 0.993. The molecule has 0 heterocycles. The summed E-state index contributed by atoms with van der Waals surface area (Å²) in [6.07, 6.45) is -0.850. The van der Waals surface area contributed by atoms with Crippen LogP contribution in [0.2, 0.25) is 0 Å². The highest BCUT2D eigenvalue weighted by Crippen LogP contribution is 1.89. The molecule has 0 radical (unpaired) electrons. The summed E-state index contributed by atoms with van der Waals surface area (Å²) in [5, 5.41) is 16.1. The number of carboxylic acid groups (broad SMARTS) is 1. The number of aliphatic hydroxyl groups is 1. The summed E-state index contributed by atoms with van der Waals surface area (Å²) < 4.78 is 4.25. The molecule has 0 spiro atoms. The molecule has 6 nitrogen and oxygen atoms in total. The highest BCUT2D eigenvalue weighted by atomic mass is 16.5. The number of aliphatic hydroxyl groups excluding tert-OH is 1. The van der Waals surface area contributed by atoms with Crippen LogP contribution in [0.3, 0.4) is 0 Å². The first kappa shape index (κ1) is 14.4. The van der Waals surface area contributed by atoms with Crippen molar-refractivity contribution in [3.8, 4) is 0 Å². The minimum Gasteiger partial charge on any atom is -0.481 e. The Morgan fingerprint density at radius 1 is 1.46 bits per heavy atom. The molecule has 2 unspecified atom stereocenters. The minimum absolute atomic E-state index is 0.593. The zero-order chi connectivity index (χ0) is 11.0. The van der Waals surface area contributed by atoms with Gasteiger partial charge in [0.2, 0.25) is 0 Å². The van der Waals surface area contributed by atoms with Gasteiger partial charge in [-0.1, -0.05) is 0 Å². The number of aliphatic carboxylic acids is 1. The Morgan fingerprint density at radius 3 is 1.85 bits per heavy atom. The van der Waals surface area contributed by atoms with E-state index in [1.807, 2.05) is 0 Å². The molecule has 0 aliphatic rings. The lowest BCUT2D eigenvalue weighted by atomic mass is 10.2. The third kappa shape index (κ3) is 10.9. The van der Waals surface area contributed by atoms with E-state index in [0.29, 0.717) is 0 Å². The second kappa shape index (κ2) is 7.51.